The number of amides is 1. The van der Waals surface area contributed by atoms with Crippen molar-refractivity contribution in [2.75, 3.05) is 32.2 Å². The fraction of sp³-hybridized carbons (Fsp3) is 0.409. The highest BCUT2D eigenvalue weighted by Crippen LogP contribution is 2.27. The SMILES string of the molecule is COc1cc(C(=O)N2CC(C)OCC2(C)CO)cn2nc(NCc3cccc(Cl)c3)nc12. The molecule has 0 saturated carbocycles. The van der Waals surface area contributed by atoms with Gasteiger partial charge in [0.25, 0.3) is 5.91 Å². The van der Waals surface area contributed by atoms with Crippen molar-refractivity contribution in [3.8, 4) is 5.75 Å². The highest BCUT2D eigenvalue weighted by atomic mass is 35.5. The van der Waals surface area contributed by atoms with E-state index in [4.69, 9.17) is 21.1 Å². The van der Waals surface area contributed by atoms with Crippen molar-refractivity contribution < 1.29 is 19.4 Å². The summed E-state index contributed by atoms with van der Waals surface area (Å²) < 4.78 is 12.7. The molecule has 1 fully saturated rings. The molecule has 2 aromatic heterocycles. The van der Waals surface area contributed by atoms with Crippen LogP contribution in [0.15, 0.2) is 36.5 Å². The zero-order chi connectivity index (χ0) is 22.9. The van der Waals surface area contributed by atoms with Gasteiger partial charge < -0.3 is 24.8 Å². The summed E-state index contributed by atoms with van der Waals surface area (Å²) in [5.41, 5.74) is 1.05. The van der Waals surface area contributed by atoms with Crippen LogP contribution in [0.5, 0.6) is 5.75 Å². The third-order valence-corrected chi connectivity index (χ3v) is 5.80. The predicted molar refractivity (Wildman–Crippen MR) is 120 cm³/mol. The molecular formula is C22H26ClN5O4. The molecule has 2 N–H and O–H groups in total. The van der Waals surface area contributed by atoms with Gasteiger partial charge in [0.2, 0.25) is 5.95 Å². The van der Waals surface area contributed by atoms with Gasteiger partial charge in [0.15, 0.2) is 11.4 Å². The van der Waals surface area contributed by atoms with E-state index in [2.05, 4.69) is 15.4 Å². The van der Waals surface area contributed by atoms with Crippen molar-refractivity contribution >= 4 is 29.1 Å². The van der Waals surface area contributed by atoms with Crippen molar-refractivity contribution in [2.45, 2.75) is 32.0 Å². The average molecular weight is 460 g/mol. The molecule has 1 aliphatic rings. The normalized spacial score (nSPS) is 21.0. The molecule has 170 valence electrons. The molecule has 1 saturated heterocycles. The number of carbonyl (C=O) groups is 1. The zero-order valence-corrected chi connectivity index (χ0v) is 19.0. The number of rotatable bonds is 6. The van der Waals surface area contributed by atoms with Gasteiger partial charge in [-0.05, 0) is 37.6 Å². The number of nitrogens with one attached hydrogen (secondary N) is 1. The molecule has 4 rings (SSSR count). The molecule has 3 heterocycles. The molecule has 0 aliphatic carbocycles. The van der Waals surface area contributed by atoms with Crippen LogP contribution in [0.2, 0.25) is 5.02 Å². The van der Waals surface area contributed by atoms with Crippen LogP contribution in [-0.2, 0) is 11.3 Å². The number of anilines is 1. The highest BCUT2D eigenvalue weighted by molar-refractivity contribution is 6.30. The lowest BCUT2D eigenvalue weighted by atomic mass is 9.98. The summed E-state index contributed by atoms with van der Waals surface area (Å²) >= 11 is 6.04. The molecule has 3 aromatic rings. The number of fused-ring (bicyclic) bond motifs is 1. The number of nitrogens with zero attached hydrogens (tertiary/aromatic N) is 4. The van der Waals surface area contributed by atoms with E-state index < -0.39 is 5.54 Å². The van der Waals surface area contributed by atoms with Crippen molar-refractivity contribution in [1.82, 2.24) is 19.5 Å². The summed E-state index contributed by atoms with van der Waals surface area (Å²) in [6.07, 6.45) is 1.49. The molecule has 1 aliphatic heterocycles. The Balaban J connectivity index is 1.62. The van der Waals surface area contributed by atoms with Gasteiger partial charge >= 0.3 is 0 Å². The van der Waals surface area contributed by atoms with Crippen molar-refractivity contribution in [3.05, 3.63) is 52.7 Å². The predicted octanol–water partition coefficient (Wildman–Crippen LogP) is 2.62. The van der Waals surface area contributed by atoms with E-state index in [1.807, 2.05) is 31.2 Å². The van der Waals surface area contributed by atoms with Gasteiger partial charge in [0.05, 0.1) is 37.5 Å². The Labute approximate surface area is 190 Å². The molecule has 1 amide bonds. The Bertz CT molecular complexity index is 1140. The smallest absolute Gasteiger partial charge is 0.256 e. The number of hydrogen-bond donors (Lipinski definition) is 2. The molecule has 1 aromatic carbocycles. The minimum absolute atomic E-state index is 0.127. The van der Waals surface area contributed by atoms with E-state index in [1.54, 1.807) is 24.1 Å². The number of hydrogen-bond acceptors (Lipinski definition) is 7. The number of ether oxygens (including phenoxy) is 2. The molecule has 2 atom stereocenters. The van der Waals surface area contributed by atoms with Crippen molar-refractivity contribution in [2.24, 2.45) is 0 Å². The number of pyridine rings is 1. The maximum Gasteiger partial charge on any atom is 0.256 e. The molecule has 2 unspecified atom stereocenters. The minimum atomic E-state index is -0.808. The Hall–Kier alpha value is -2.88. The Morgan fingerprint density at radius 1 is 1.44 bits per heavy atom. The van der Waals surface area contributed by atoms with Gasteiger partial charge in [0, 0.05) is 24.3 Å². The van der Waals surface area contributed by atoms with Gasteiger partial charge in [-0.2, -0.15) is 4.98 Å². The highest BCUT2D eigenvalue weighted by Gasteiger charge is 2.40. The van der Waals surface area contributed by atoms with Gasteiger partial charge in [-0.25, -0.2) is 4.52 Å². The number of carbonyl (C=O) groups excluding carboxylic acids is 1. The van der Waals surface area contributed by atoms with Crippen molar-refractivity contribution in [3.63, 3.8) is 0 Å². The lowest BCUT2D eigenvalue weighted by Gasteiger charge is -2.45. The fourth-order valence-electron chi connectivity index (χ4n) is 3.67. The molecular weight excluding hydrogens is 434 g/mol. The number of aromatic nitrogens is 3. The van der Waals surface area contributed by atoms with Crippen LogP contribution in [0.4, 0.5) is 5.95 Å². The first-order valence-corrected chi connectivity index (χ1v) is 10.7. The van der Waals surface area contributed by atoms with E-state index in [0.29, 0.717) is 41.0 Å². The van der Waals surface area contributed by atoms with E-state index in [0.717, 1.165) is 5.56 Å². The summed E-state index contributed by atoms with van der Waals surface area (Å²) in [6, 6.07) is 9.15. The quantitative estimate of drug-likeness (QED) is 0.584. The standard InChI is InChI=1S/C22H26ClN5O4/c1-14-10-27(22(2,12-29)13-32-14)20(30)16-8-18(31-3)19-25-21(26-28(19)11-16)24-9-15-5-4-6-17(23)7-15/h4-8,11,14,29H,9-10,12-13H2,1-3H3,(H,24,26). The first kappa shape index (κ1) is 22.3. The molecule has 0 radical (unpaired) electrons. The molecule has 0 bridgehead atoms. The average Bonchev–Trinajstić information content (AvgIpc) is 3.21. The van der Waals surface area contributed by atoms with Gasteiger partial charge in [-0.1, -0.05) is 23.7 Å². The Morgan fingerprint density at radius 2 is 2.25 bits per heavy atom. The maximum atomic E-state index is 13.4. The largest absolute Gasteiger partial charge is 0.493 e. The monoisotopic (exact) mass is 459 g/mol. The van der Waals surface area contributed by atoms with Crippen LogP contribution in [0.3, 0.4) is 0 Å². The Morgan fingerprint density at radius 3 is 2.97 bits per heavy atom. The van der Waals surface area contributed by atoms with Crippen LogP contribution in [0.1, 0.15) is 29.8 Å². The van der Waals surface area contributed by atoms with Crippen LogP contribution in [-0.4, -0.2) is 69.0 Å². The summed E-state index contributed by atoms with van der Waals surface area (Å²) in [5.74, 6) is 0.583. The number of morpholine rings is 1. The first-order chi connectivity index (χ1) is 15.3. The third-order valence-electron chi connectivity index (χ3n) is 5.56. The van der Waals surface area contributed by atoms with E-state index in [9.17, 15) is 9.90 Å². The number of halogens is 1. The number of methoxy groups -OCH3 is 1. The maximum absolute atomic E-state index is 13.4. The Kier molecular flexibility index (Phi) is 6.23. The summed E-state index contributed by atoms with van der Waals surface area (Å²) in [6.45, 7) is 4.63. The lowest BCUT2D eigenvalue weighted by Crippen LogP contribution is -2.61. The minimum Gasteiger partial charge on any atom is -0.493 e. The first-order valence-electron chi connectivity index (χ1n) is 10.3. The van der Waals surface area contributed by atoms with Crippen LogP contribution >= 0.6 is 11.6 Å². The van der Waals surface area contributed by atoms with Crippen LogP contribution < -0.4 is 10.1 Å². The summed E-state index contributed by atoms with van der Waals surface area (Å²) in [5, 5.41) is 18.2. The lowest BCUT2D eigenvalue weighted by molar-refractivity contribution is -0.0987. The topological polar surface area (TPSA) is 101 Å². The van der Waals surface area contributed by atoms with Crippen LogP contribution in [0, 0.1) is 0 Å². The third kappa shape index (κ3) is 4.36. The second-order valence-electron chi connectivity index (χ2n) is 8.18. The summed E-state index contributed by atoms with van der Waals surface area (Å²) in [4.78, 5) is 19.5. The molecule has 9 nitrogen and oxygen atoms in total. The van der Waals surface area contributed by atoms with Gasteiger partial charge in [-0.3, -0.25) is 4.79 Å². The van der Waals surface area contributed by atoms with E-state index in [-0.39, 0.29) is 25.2 Å². The second kappa shape index (κ2) is 8.93. The zero-order valence-electron chi connectivity index (χ0n) is 18.2. The van der Waals surface area contributed by atoms with Crippen LogP contribution in [0.25, 0.3) is 5.65 Å². The van der Waals surface area contributed by atoms with Gasteiger partial charge in [0.1, 0.15) is 0 Å². The molecule has 10 heteroatoms. The van der Waals surface area contributed by atoms with E-state index >= 15 is 0 Å². The van der Waals surface area contributed by atoms with Gasteiger partial charge in [-0.15, -0.1) is 5.10 Å². The van der Waals surface area contributed by atoms with E-state index in [1.165, 1.54) is 11.6 Å². The summed E-state index contributed by atoms with van der Waals surface area (Å²) in [7, 11) is 1.52. The second-order valence-corrected chi connectivity index (χ2v) is 8.61. The molecule has 32 heavy (non-hydrogen) atoms. The fourth-order valence-corrected chi connectivity index (χ4v) is 3.88. The van der Waals surface area contributed by atoms with Crippen molar-refractivity contribution in [1.29, 1.82) is 0 Å². The molecule has 0 spiro atoms. The number of aliphatic hydroxyl groups is 1. The number of benzene rings is 1. The number of aliphatic hydroxyl groups excluding tert-OH is 1.